The van der Waals surface area contributed by atoms with Crippen LogP contribution in [0.3, 0.4) is 0 Å². The van der Waals surface area contributed by atoms with Gasteiger partial charge in [0, 0.05) is 22.9 Å². The fourth-order valence-corrected chi connectivity index (χ4v) is 3.11. The summed E-state index contributed by atoms with van der Waals surface area (Å²) in [7, 11) is 0. The number of carbonyl (C=O) groups is 1. The van der Waals surface area contributed by atoms with Gasteiger partial charge < -0.3 is 14.8 Å². The maximum absolute atomic E-state index is 12.3. The predicted octanol–water partition coefficient (Wildman–Crippen LogP) is 2.88. The Kier molecular flexibility index (Phi) is 4.10. The van der Waals surface area contributed by atoms with Crippen molar-refractivity contribution in [3.63, 3.8) is 0 Å². The summed E-state index contributed by atoms with van der Waals surface area (Å²) in [5.74, 6) is 1.25. The fourth-order valence-electron chi connectivity index (χ4n) is 2.27. The van der Waals surface area contributed by atoms with Crippen molar-refractivity contribution in [3.05, 3.63) is 46.2 Å². The first-order valence-corrected chi connectivity index (χ1v) is 7.83. The Labute approximate surface area is 127 Å². The molecule has 3 rings (SSSR count). The van der Waals surface area contributed by atoms with Crippen molar-refractivity contribution in [1.82, 2.24) is 5.32 Å². The Morgan fingerprint density at radius 2 is 2.10 bits per heavy atom. The van der Waals surface area contributed by atoms with Crippen molar-refractivity contribution in [2.75, 3.05) is 13.2 Å². The van der Waals surface area contributed by atoms with Crippen LogP contribution in [0.1, 0.15) is 22.2 Å². The molecule has 0 spiro atoms. The number of rotatable bonds is 4. The standard InChI is InChI=1S/C16H17NO3S/c1-11(9-13-3-2-8-21-13)17-16(18)12-4-5-14-15(10-12)20-7-6-19-14/h2-5,8,10-11H,6-7,9H2,1H3,(H,17,18)/t11-/m1/s1. The molecule has 1 aliphatic rings. The quantitative estimate of drug-likeness (QED) is 0.945. The number of benzene rings is 1. The molecular weight excluding hydrogens is 286 g/mol. The highest BCUT2D eigenvalue weighted by atomic mass is 32.1. The molecule has 110 valence electrons. The predicted molar refractivity (Wildman–Crippen MR) is 82.4 cm³/mol. The van der Waals surface area contributed by atoms with E-state index in [-0.39, 0.29) is 11.9 Å². The van der Waals surface area contributed by atoms with E-state index in [9.17, 15) is 4.79 Å². The van der Waals surface area contributed by atoms with Gasteiger partial charge in [-0.2, -0.15) is 0 Å². The van der Waals surface area contributed by atoms with Crippen molar-refractivity contribution in [1.29, 1.82) is 0 Å². The summed E-state index contributed by atoms with van der Waals surface area (Å²) < 4.78 is 11.0. The molecular formula is C16H17NO3S. The maximum atomic E-state index is 12.3. The zero-order chi connectivity index (χ0) is 14.7. The molecule has 1 aromatic heterocycles. The van der Waals surface area contributed by atoms with Crippen molar-refractivity contribution in [2.24, 2.45) is 0 Å². The summed E-state index contributed by atoms with van der Waals surface area (Å²) in [6, 6.07) is 9.48. The lowest BCUT2D eigenvalue weighted by Gasteiger charge is -2.19. The third-order valence-corrected chi connectivity index (χ3v) is 4.17. The first-order valence-electron chi connectivity index (χ1n) is 6.95. The van der Waals surface area contributed by atoms with Gasteiger partial charge >= 0.3 is 0 Å². The average Bonchev–Trinajstić information content (AvgIpc) is 2.99. The van der Waals surface area contributed by atoms with Gasteiger partial charge in [-0.25, -0.2) is 0 Å². The van der Waals surface area contributed by atoms with Gasteiger partial charge in [0.15, 0.2) is 11.5 Å². The molecule has 1 aromatic carbocycles. The minimum Gasteiger partial charge on any atom is -0.486 e. The minimum absolute atomic E-state index is 0.0870. The van der Waals surface area contributed by atoms with Crippen LogP contribution in [0.4, 0.5) is 0 Å². The molecule has 0 aliphatic carbocycles. The van der Waals surface area contributed by atoms with E-state index in [0.717, 1.165) is 6.42 Å². The number of amides is 1. The van der Waals surface area contributed by atoms with E-state index < -0.39 is 0 Å². The van der Waals surface area contributed by atoms with Gasteiger partial charge in [0.1, 0.15) is 13.2 Å². The van der Waals surface area contributed by atoms with Crippen LogP contribution >= 0.6 is 11.3 Å². The van der Waals surface area contributed by atoms with Crippen molar-refractivity contribution < 1.29 is 14.3 Å². The summed E-state index contributed by atoms with van der Waals surface area (Å²) in [5, 5.41) is 5.06. The van der Waals surface area contributed by atoms with Gasteiger partial charge in [-0.1, -0.05) is 6.07 Å². The molecule has 2 aromatic rings. The molecule has 0 unspecified atom stereocenters. The van der Waals surface area contributed by atoms with Crippen LogP contribution in [0.25, 0.3) is 0 Å². The first kappa shape index (κ1) is 13.9. The Morgan fingerprint density at radius 1 is 1.29 bits per heavy atom. The van der Waals surface area contributed by atoms with E-state index in [1.54, 1.807) is 29.5 Å². The van der Waals surface area contributed by atoms with E-state index in [1.807, 2.05) is 18.4 Å². The third kappa shape index (κ3) is 3.36. The maximum Gasteiger partial charge on any atom is 0.251 e. The first-order chi connectivity index (χ1) is 10.2. The van der Waals surface area contributed by atoms with E-state index in [1.165, 1.54) is 4.88 Å². The molecule has 21 heavy (non-hydrogen) atoms. The zero-order valence-corrected chi connectivity index (χ0v) is 12.6. The molecule has 1 N–H and O–H groups in total. The Morgan fingerprint density at radius 3 is 2.86 bits per heavy atom. The monoisotopic (exact) mass is 303 g/mol. The summed E-state index contributed by atoms with van der Waals surface area (Å²) in [6.07, 6.45) is 0.841. The molecule has 1 amide bonds. The van der Waals surface area contributed by atoms with Crippen molar-refractivity contribution in [3.8, 4) is 11.5 Å². The highest BCUT2D eigenvalue weighted by Crippen LogP contribution is 2.30. The van der Waals surface area contributed by atoms with Gasteiger partial charge in [0.2, 0.25) is 0 Å². The fraction of sp³-hybridized carbons (Fsp3) is 0.312. The van der Waals surface area contributed by atoms with E-state index >= 15 is 0 Å². The van der Waals surface area contributed by atoms with Gasteiger partial charge in [-0.3, -0.25) is 4.79 Å². The second-order valence-corrected chi connectivity index (χ2v) is 6.05. The number of hydrogen-bond acceptors (Lipinski definition) is 4. The SMILES string of the molecule is C[C@H](Cc1cccs1)NC(=O)c1ccc2c(c1)OCCO2. The van der Waals surface area contributed by atoms with E-state index in [0.29, 0.717) is 30.3 Å². The highest BCUT2D eigenvalue weighted by Gasteiger charge is 2.16. The van der Waals surface area contributed by atoms with Crippen LogP contribution in [0.15, 0.2) is 35.7 Å². The lowest BCUT2D eigenvalue weighted by Crippen LogP contribution is -2.34. The minimum atomic E-state index is -0.0870. The molecule has 0 fully saturated rings. The highest BCUT2D eigenvalue weighted by molar-refractivity contribution is 7.09. The summed E-state index contributed by atoms with van der Waals surface area (Å²) >= 11 is 1.70. The Bertz CT molecular complexity index is 624. The molecule has 1 aliphatic heterocycles. The number of hydrogen-bond donors (Lipinski definition) is 1. The largest absolute Gasteiger partial charge is 0.486 e. The topological polar surface area (TPSA) is 47.6 Å². The molecule has 5 heteroatoms. The molecule has 0 saturated carbocycles. The van der Waals surface area contributed by atoms with Gasteiger partial charge in [-0.05, 0) is 36.6 Å². The van der Waals surface area contributed by atoms with E-state index in [4.69, 9.17) is 9.47 Å². The van der Waals surface area contributed by atoms with Gasteiger partial charge in [-0.15, -0.1) is 11.3 Å². The smallest absolute Gasteiger partial charge is 0.251 e. The Hall–Kier alpha value is -2.01. The van der Waals surface area contributed by atoms with Crippen LogP contribution < -0.4 is 14.8 Å². The molecule has 0 saturated heterocycles. The summed E-state index contributed by atoms with van der Waals surface area (Å²) in [4.78, 5) is 13.5. The lowest BCUT2D eigenvalue weighted by atomic mass is 10.1. The van der Waals surface area contributed by atoms with Crippen LogP contribution in [-0.2, 0) is 6.42 Å². The van der Waals surface area contributed by atoms with Crippen LogP contribution in [0, 0.1) is 0 Å². The third-order valence-electron chi connectivity index (χ3n) is 3.27. The number of ether oxygens (including phenoxy) is 2. The van der Waals surface area contributed by atoms with Crippen LogP contribution in [-0.4, -0.2) is 25.2 Å². The van der Waals surface area contributed by atoms with Crippen molar-refractivity contribution >= 4 is 17.2 Å². The number of thiophene rings is 1. The number of fused-ring (bicyclic) bond motifs is 1. The average molecular weight is 303 g/mol. The number of nitrogens with one attached hydrogen (secondary N) is 1. The van der Waals surface area contributed by atoms with E-state index in [2.05, 4.69) is 11.4 Å². The second-order valence-electron chi connectivity index (χ2n) is 5.02. The molecule has 1 atom stereocenters. The Balaban J connectivity index is 1.64. The molecule has 0 radical (unpaired) electrons. The summed E-state index contributed by atoms with van der Waals surface area (Å²) in [6.45, 7) is 3.08. The van der Waals surface area contributed by atoms with Crippen LogP contribution in [0.5, 0.6) is 11.5 Å². The van der Waals surface area contributed by atoms with Crippen LogP contribution in [0.2, 0.25) is 0 Å². The summed E-state index contributed by atoms with van der Waals surface area (Å²) in [5.41, 5.74) is 0.595. The van der Waals surface area contributed by atoms with Gasteiger partial charge in [0.05, 0.1) is 0 Å². The lowest BCUT2D eigenvalue weighted by molar-refractivity contribution is 0.0939. The molecule has 2 heterocycles. The molecule has 4 nitrogen and oxygen atoms in total. The zero-order valence-electron chi connectivity index (χ0n) is 11.8. The van der Waals surface area contributed by atoms with Crippen molar-refractivity contribution in [2.45, 2.75) is 19.4 Å². The second kappa shape index (κ2) is 6.18. The normalized spacial score (nSPS) is 14.5. The number of carbonyl (C=O) groups excluding carboxylic acids is 1. The molecule has 0 bridgehead atoms. The van der Waals surface area contributed by atoms with Gasteiger partial charge in [0.25, 0.3) is 5.91 Å².